The van der Waals surface area contributed by atoms with Crippen molar-refractivity contribution in [1.82, 2.24) is 4.98 Å². The van der Waals surface area contributed by atoms with Crippen molar-refractivity contribution in [3.05, 3.63) is 27.9 Å². The number of pyridine rings is 1. The Kier molecular flexibility index (Phi) is 4.43. The van der Waals surface area contributed by atoms with Crippen molar-refractivity contribution >= 4 is 11.5 Å². The van der Waals surface area contributed by atoms with Gasteiger partial charge in [-0.25, -0.2) is 4.98 Å². The molecule has 0 spiro atoms. The van der Waals surface area contributed by atoms with Crippen LogP contribution in [0.5, 0.6) is 0 Å². The Morgan fingerprint density at radius 3 is 2.59 bits per heavy atom. The summed E-state index contributed by atoms with van der Waals surface area (Å²) in [5, 5.41) is 13.9. The van der Waals surface area contributed by atoms with E-state index >= 15 is 0 Å². The maximum atomic E-state index is 10.6. The summed E-state index contributed by atoms with van der Waals surface area (Å²) in [6.45, 7) is 8.12. The Bertz CT molecular complexity index is 405. The molecule has 1 unspecified atom stereocenters. The molecule has 1 heterocycles. The van der Waals surface area contributed by atoms with Crippen LogP contribution in [0.25, 0.3) is 0 Å². The topological polar surface area (TPSA) is 68.1 Å². The molecule has 1 atom stereocenters. The molecule has 0 bridgehead atoms. The molecule has 1 rings (SSSR count). The van der Waals surface area contributed by atoms with Gasteiger partial charge in [0.15, 0.2) is 0 Å². The molecule has 0 saturated heterocycles. The Hall–Kier alpha value is -1.65. The van der Waals surface area contributed by atoms with E-state index in [4.69, 9.17) is 0 Å². The van der Waals surface area contributed by atoms with Crippen LogP contribution in [-0.2, 0) is 0 Å². The molecule has 0 amide bonds. The average molecular weight is 237 g/mol. The standard InChI is InChI=1S/C12H19N3O2/c1-8(2)5-10(4)14-12-6-9(3)11(7-13-12)15(16)17/h6-8,10H,5H2,1-4H3,(H,13,14). The molecule has 17 heavy (non-hydrogen) atoms. The Morgan fingerprint density at radius 1 is 1.47 bits per heavy atom. The second kappa shape index (κ2) is 5.61. The Labute approximate surface area is 101 Å². The molecular formula is C12H19N3O2. The maximum absolute atomic E-state index is 10.6. The summed E-state index contributed by atoms with van der Waals surface area (Å²) >= 11 is 0. The number of aromatic nitrogens is 1. The lowest BCUT2D eigenvalue weighted by atomic mass is 10.1. The molecule has 5 heteroatoms. The van der Waals surface area contributed by atoms with Gasteiger partial charge in [-0.3, -0.25) is 10.1 Å². The molecule has 0 aliphatic carbocycles. The fourth-order valence-corrected chi connectivity index (χ4v) is 1.84. The van der Waals surface area contributed by atoms with Gasteiger partial charge < -0.3 is 5.32 Å². The number of hydrogen-bond acceptors (Lipinski definition) is 4. The summed E-state index contributed by atoms with van der Waals surface area (Å²) in [6, 6.07) is 2.03. The van der Waals surface area contributed by atoms with Crippen molar-refractivity contribution in [1.29, 1.82) is 0 Å². The first-order valence-corrected chi connectivity index (χ1v) is 5.77. The zero-order valence-electron chi connectivity index (χ0n) is 10.7. The first-order valence-electron chi connectivity index (χ1n) is 5.77. The van der Waals surface area contributed by atoms with Gasteiger partial charge in [0, 0.05) is 11.6 Å². The predicted molar refractivity (Wildman–Crippen MR) is 68.2 cm³/mol. The van der Waals surface area contributed by atoms with Crippen LogP contribution in [0.4, 0.5) is 11.5 Å². The highest BCUT2D eigenvalue weighted by atomic mass is 16.6. The first-order chi connectivity index (χ1) is 7.90. The Morgan fingerprint density at radius 2 is 2.12 bits per heavy atom. The van der Waals surface area contributed by atoms with Crippen molar-refractivity contribution in [2.45, 2.75) is 40.2 Å². The zero-order valence-corrected chi connectivity index (χ0v) is 10.7. The van der Waals surface area contributed by atoms with Crippen molar-refractivity contribution in [2.75, 3.05) is 5.32 Å². The number of nitrogens with zero attached hydrogens (tertiary/aromatic N) is 2. The highest BCUT2D eigenvalue weighted by Crippen LogP contribution is 2.20. The van der Waals surface area contributed by atoms with Crippen LogP contribution in [0.15, 0.2) is 12.3 Å². The van der Waals surface area contributed by atoms with Gasteiger partial charge in [-0.05, 0) is 32.3 Å². The lowest BCUT2D eigenvalue weighted by molar-refractivity contribution is -0.385. The summed E-state index contributed by atoms with van der Waals surface area (Å²) in [4.78, 5) is 14.3. The predicted octanol–water partition coefficient (Wildman–Crippen LogP) is 3.14. The van der Waals surface area contributed by atoms with Gasteiger partial charge in [0.1, 0.15) is 12.0 Å². The van der Waals surface area contributed by atoms with Gasteiger partial charge in [-0.1, -0.05) is 13.8 Å². The van der Waals surface area contributed by atoms with Crippen LogP contribution in [0.2, 0.25) is 0 Å². The van der Waals surface area contributed by atoms with Gasteiger partial charge in [0.2, 0.25) is 0 Å². The van der Waals surface area contributed by atoms with E-state index in [1.165, 1.54) is 6.20 Å². The number of hydrogen-bond donors (Lipinski definition) is 1. The van der Waals surface area contributed by atoms with Crippen LogP contribution in [-0.4, -0.2) is 15.9 Å². The van der Waals surface area contributed by atoms with Gasteiger partial charge in [-0.15, -0.1) is 0 Å². The van der Waals surface area contributed by atoms with E-state index < -0.39 is 4.92 Å². The molecule has 1 aromatic heterocycles. The molecule has 1 aromatic rings. The smallest absolute Gasteiger partial charge is 0.290 e. The molecule has 0 radical (unpaired) electrons. The van der Waals surface area contributed by atoms with Crippen molar-refractivity contribution in [3.63, 3.8) is 0 Å². The summed E-state index contributed by atoms with van der Waals surface area (Å²) in [5.41, 5.74) is 0.691. The summed E-state index contributed by atoms with van der Waals surface area (Å²) in [6.07, 6.45) is 2.34. The molecule has 94 valence electrons. The fourth-order valence-electron chi connectivity index (χ4n) is 1.84. The van der Waals surface area contributed by atoms with Crippen LogP contribution < -0.4 is 5.32 Å². The normalized spacial score (nSPS) is 12.5. The minimum absolute atomic E-state index is 0.0621. The number of aryl methyl sites for hydroxylation is 1. The lowest BCUT2D eigenvalue weighted by Crippen LogP contribution is -2.18. The first kappa shape index (κ1) is 13.4. The lowest BCUT2D eigenvalue weighted by Gasteiger charge is -2.16. The molecular weight excluding hydrogens is 218 g/mol. The van der Waals surface area contributed by atoms with E-state index in [1.54, 1.807) is 13.0 Å². The van der Waals surface area contributed by atoms with E-state index in [0.29, 0.717) is 23.3 Å². The van der Waals surface area contributed by atoms with E-state index in [1.807, 2.05) is 0 Å². The average Bonchev–Trinajstić information content (AvgIpc) is 2.15. The van der Waals surface area contributed by atoms with E-state index in [9.17, 15) is 10.1 Å². The fraction of sp³-hybridized carbons (Fsp3) is 0.583. The van der Waals surface area contributed by atoms with Gasteiger partial charge in [0.25, 0.3) is 5.69 Å². The highest BCUT2D eigenvalue weighted by molar-refractivity contribution is 5.47. The number of rotatable bonds is 5. The van der Waals surface area contributed by atoms with E-state index in [-0.39, 0.29) is 5.69 Å². The molecule has 0 aliphatic rings. The van der Waals surface area contributed by atoms with Gasteiger partial charge in [-0.2, -0.15) is 0 Å². The van der Waals surface area contributed by atoms with Crippen molar-refractivity contribution in [2.24, 2.45) is 5.92 Å². The minimum Gasteiger partial charge on any atom is -0.368 e. The largest absolute Gasteiger partial charge is 0.368 e. The van der Waals surface area contributed by atoms with Crippen LogP contribution >= 0.6 is 0 Å². The van der Waals surface area contributed by atoms with Crippen LogP contribution in [0.1, 0.15) is 32.8 Å². The quantitative estimate of drug-likeness (QED) is 0.631. The van der Waals surface area contributed by atoms with Crippen LogP contribution in [0.3, 0.4) is 0 Å². The minimum atomic E-state index is -0.413. The van der Waals surface area contributed by atoms with Gasteiger partial charge >= 0.3 is 0 Å². The molecule has 0 fully saturated rings. The van der Waals surface area contributed by atoms with Gasteiger partial charge in [0.05, 0.1) is 4.92 Å². The SMILES string of the molecule is Cc1cc(NC(C)CC(C)C)ncc1[N+](=O)[O-]. The Balaban J connectivity index is 2.74. The third kappa shape index (κ3) is 4.01. The highest BCUT2D eigenvalue weighted by Gasteiger charge is 2.12. The zero-order chi connectivity index (χ0) is 13.0. The van der Waals surface area contributed by atoms with E-state index in [0.717, 1.165) is 6.42 Å². The third-order valence-electron chi connectivity index (χ3n) is 2.50. The second-order valence-corrected chi connectivity index (χ2v) is 4.79. The molecule has 5 nitrogen and oxygen atoms in total. The molecule has 1 N–H and O–H groups in total. The maximum Gasteiger partial charge on any atom is 0.290 e. The molecule has 0 aliphatic heterocycles. The van der Waals surface area contributed by atoms with Crippen molar-refractivity contribution < 1.29 is 4.92 Å². The van der Waals surface area contributed by atoms with Crippen molar-refractivity contribution in [3.8, 4) is 0 Å². The van der Waals surface area contributed by atoms with Crippen LogP contribution in [0, 0.1) is 23.0 Å². The summed E-state index contributed by atoms with van der Waals surface area (Å²) < 4.78 is 0. The number of anilines is 1. The second-order valence-electron chi connectivity index (χ2n) is 4.79. The number of nitrogens with one attached hydrogen (secondary N) is 1. The summed E-state index contributed by atoms with van der Waals surface area (Å²) in [7, 11) is 0. The molecule has 0 saturated carbocycles. The number of nitro groups is 1. The third-order valence-corrected chi connectivity index (χ3v) is 2.50. The van der Waals surface area contributed by atoms with E-state index in [2.05, 4.69) is 31.1 Å². The molecule has 0 aromatic carbocycles. The summed E-state index contributed by atoms with van der Waals surface area (Å²) in [5.74, 6) is 1.30. The monoisotopic (exact) mass is 237 g/mol.